The third kappa shape index (κ3) is 2.05. The normalized spacial score (nSPS) is 14.5. The smallest absolute Gasteiger partial charge is 0.419 e. The van der Waals surface area contributed by atoms with Crippen molar-refractivity contribution in [3.05, 3.63) is 34.3 Å². The molecule has 0 radical (unpaired) electrons. The molecule has 2 aromatic rings. The number of rotatable bonds is 3. The Hall–Kier alpha value is -2.37. The van der Waals surface area contributed by atoms with Crippen LogP contribution in [0.15, 0.2) is 32.4 Å². The average molecular weight is 260 g/mol. The minimum Gasteiger partial charge on any atom is -0.479 e. The number of carbonyl (C=O) groups is 1. The van der Waals surface area contributed by atoms with Crippen LogP contribution in [0.5, 0.6) is 0 Å². The predicted octanol–water partition coefficient (Wildman–Crippen LogP) is 1.13. The zero-order chi connectivity index (χ0) is 13.4. The largest absolute Gasteiger partial charge is 0.479 e. The van der Waals surface area contributed by atoms with Gasteiger partial charge in [0.15, 0.2) is 17.3 Å². The van der Waals surface area contributed by atoms with Crippen molar-refractivity contribution in [3.63, 3.8) is 0 Å². The lowest BCUT2D eigenvalue weighted by Gasteiger charge is -2.01. The van der Waals surface area contributed by atoms with E-state index in [0.29, 0.717) is 35.7 Å². The fourth-order valence-electron chi connectivity index (χ4n) is 2.03. The topological polar surface area (TPSA) is 73.8 Å². The van der Waals surface area contributed by atoms with Crippen molar-refractivity contribution >= 4 is 22.8 Å². The number of hydrogen-bond donors (Lipinski definition) is 0. The minimum absolute atomic E-state index is 0.103. The molecule has 0 unspecified atom stereocenters. The maximum absolute atomic E-state index is 12.0. The molecule has 1 aliphatic rings. The Bertz CT molecular complexity index is 739. The van der Waals surface area contributed by atoms with E-state index in [1.54, 1.807) is 25.2 Å². The molecule has 1 aromatic heterocycles. The van der Waals surface area contributed by atoms with Crippen LogP contribution in [0.2, 0.25) is 0 Å². The van der Waals surface area contributed by atoms with Gasteiger partial charge in [-0.3, -0.25) is 14.4 Å². The van der Waals surface area contributed by atoms with Gasteiger partial charge in [-0.2, -0.15) is 0 Å². The summed E-state index contributed by atoms with van der Waals surface area (Å²) in [6, 6.07) is 4.95. The van der Waals surface area contributed by atoms with E-state index in [-0.39, 0.29) is 12.2 Å². The van der Waals surface area contributed by atoms with E-state index in [1.165, 1.54) is 4.57 Å². The molecule has 1 aromatic carbocycles. The summed E-state index contributed by atoms with van der Waals surface area (Å²) in [6.45, 7) is 1.14. The van der Waals surface area contributed by atoms with Gasteiger partial charge in [-0.05, 0) is 18.2 Å². The van der Waals surface area contributed by atoms with Gasteiger partial charge in [0.1, 0.15) is 6.61 Å². The van der Waals surface area contributed by atoms with Crippen LogP contribution in [0.4, 0.5) is 0 Å². The van der Waals surface area contributed by atoms with E-state index in [2.05, 4.69) is 4.99 Å². The number of ether oxygens (including phenoxy) is 1. The molecule has 0 spiro atoms. The van der Waals surface area contributed by atoms with Crippen LogP contribution in [0.1, 0.15) is 16.8 Å². The van der Waals surface area contributed by atoms with Crippen LogP contribution in [-0.4, -0.2) is 29.4 Å². The second-order valence-electron chi connectivity index (χ2n) is 4.33. The highest BCUT2D eigenvalue weighted by Gasteiger charge is 2.16. The van der Waals surface area contributed by atoms with E-state index >= 15 is 0 Å². The number of hydrogen-bond acceptors (Lipinski definition) is 5. The van der Waals surface area contributed by atoms with Gasteiger partial charge in [-0.15, -0.1) is 0 Å². The number of Topliss-reactive ketones (excluding diaryl/α,β-unsaturated/α-hetero) is 1. The van der Waals surface area contributed by atoms with E-state index < -0.39 is 5.76 Å². The average Bonchev–Trinajstić information content (AvgIpc) is 2.99. The first-order valence-corrected chi connectivity index (χ1v) is 5.94. The molecule has 0 amide bonds. The molecule has 0 bridgehead atoms. The first-order valence-electron chi connectivity index (χ1n) is 5.94. The molecule has 0 atom stereocenters. The molecule has 0 N–H and O–H groups in total. The number of nitrogens with zero attached hydrogens (tertiary/aromatic N) is 2. The van der Waals surface area contributed by atoms with Gasteiger partial charge in [-0.25, -0.2) is 4.79 Å². The Labute approximate surface area is 108 Å². The second-order valence-corrected chi connectivity index (χ2v) is 4.33. The zero-order valence-electron chi connectivity index (χ0n) is 10.4. The number of oxazole rings is 1. The lowest BCUT2D eigenvalue weighted by Crippen LogP contribution is -2.09. The molecule has 6 heteroatoms. The summed E-state index contributed by atoms with van der Waals surface area (Å²) in [4.78, 5) is 27.5. The van der Waals surface area contributed by atoms with Crippen LogP contribution >= 0.6 is 0 Å². The van der Waals surface area contributed by atoms with Crippen molar-refractivity contribution in [1.29, 1.82) is 0 Å². The van der Waals surface area contributed by atoms with Crippen molar-refractivity contribution < 1.29 is 13.9 Å². The maximum atomic E-state index is 12.0. The Balaban J connectivity index is 1.92. The summed E-state index contributed by atoms with van der Waals surface area (Å²) in [5.74, 6) is -0.0724. The van der Waals surface area contributed by atoms with Gasteiger partial charge in [0, 0.05) is 12.6 Å². The fraction of sp³-hybridized carbons (Fsp3) is 0.308. The van der Waals surface area contributed by atoms with Crippen molar-refractivity contribution in [1.82, 2.24) is 4.57 Å². The van der Waals surface area contributed by atoms with Crippen molar-refractivity contribution in [2.75, 3.05) is 13.2 Å². The number of benzene rings is 1. The van der Waals surface area contributed by atoms with Crippen LogP contribution < -0.4 is 5.76 Å². The van der Waals surface area contributed by atoms with E-state index in [0.717, 1.165) is 0 Å². The quantitative estimate of drug-likeness (QED) is 0.775. The van der Waals surface area contributed by atoms with Crippen LogP contribution in [0.3, 0.4) is 0 Å². The molecule has 3 rings (SSSR count). The highest BCUT2D eigenvalue weighted by molar-refractivity contribution is 6.08. The molecule has 19 heavy (non-hydrogen) atoms. The summed E-state index contributed by atoms with van der Waals surface area (Å²) in [7, 11) is 1.62. The zero-order valence-corrected chi connectivity index (χ0v) is 10.4. The summed E-state index contributed by atoms with van der Waals surface area (Å²) >= 11 is 0. The number of fused-ring (bicyclic) bond motifs is 1. The molecular weight excluding hydrogens is 248 g/mol. The molecule has 6 nitrogen and oxygen atoms in total. The molecular formula is C13H12N2O4. The second kappa shape index (κ2) is 4.38. The standard InChI is InChI=1S/C13H12N2O4/c1-15-9-3-2-8(6-11(9)19-13(15)17)10(16)7-12-14-4-5-18-12/h2-3,6H,4-5,7H2,1H3. The third-order valence-corrected chi connectivity index (χ3v) is 3.07. The van der Waals surface area contributed by atoms with Crippen LogP contribution in [0.25, 0.3) is 11.1 Å². The predicted molar refractivity (Wildman–Crippen MR) is 68.7 cm³/mol. The number of aromatic nitrogens is 1. The van der Waals surface area contributed by atoms with Crippen molar-refractivity contribution in [2.24, 2.45) is 12.0 Å². The molecule has 98 valence electrons. The maximum Gasteiger partial charge on any atom is 0.419 e. The van der Waals surface area contributed by atoms with Crippen LogP contribution in [0, 0.1) is 0 Å². The van der Waals surface area contributed by atoms with Gasteiger partial charge >= 0.3 is 5.76 Å². The van der Waals surface area contributed by atoms with Gasteiger partial charge in [0.05, 0.1) is 18.5 Å². The molecule has 1 aliphatic heterocycles. The highest BCUT2D eigenvalue weighted by Crippen LogP contribution is 2.16. The Morgan fingerprint density at radius 2 is 2.32 bits per heavy atom. The lowest BCUT2D eigenvalue weighted by atomic mass is 10.1. The van der Waals surface area contributed by atoms with Gasteiger partial charge < -0.3 is 9.15 Å². The molecule has 0 fully saturated rings. The first-order chi connectivity index (χ1) is 9.15. The van der Waals surface area contributed by atoms with E-state index in [4.69, 9.17) is 9.15 Å². The van der Waals surface area contributed by atoms with Crippen molar-refractivity contribution in [3.8, 4) is 0 Å². The number of carbonyl (C=O) groups excluding carboxylic acids is 1. The summed E-state index contributed by atoms with van der Waals surface area (Å²) in [5.41, 5.74) is 1.56. The number of ketones is 1. The van der Waals surface area contributed by atoms with Crippen molar-refractivity contribution in [2.45, 2.75) is 6.42 Å². The molecule has 0 saturated heterocycles. The Kier molecular flexibility index (Phi) is 2.70. The summed E-state index contributed by atoms with van der Waals surface area (Å²) < 4.78 is 11.7. The highest BCUT2D eigenvalue weighted by atomic mass is 16.5. The van der Waals surface area contributed by atoms with Gasteiger partial charge in [0.2, 0.25) is 0 Å². The van der Waals surface area contributed by atoms with Crippen LogP contribution in [-0.2, 0) is 11.8 Å². The lowest BCUT2D eigenvalue weighted by molar-refractivity contribution is 0.0994. The minimum atomic E-state index is -0.442. The number of aryl methyl sites for hydroxylation is 1. The molecule has 0 aliphatic carbocycles. The third-order valence-electron chi connectivity index (χ3n) is 3.07. The number of aliphatic imine (C=N–C) groups is 1. The Morgan fingerprint density at radius 3 is 3.05 bits per heavy atom. The van der Waals surface area contributed by atoms with E-state index in [1.807, 2.05) is 0 Å². The first kappa shape index (κ1) is 11.7. The fourth-order valence-corrected chi connectivity index (χ4v) is 2.03. The van der Waals surface area contributed by atoms with Gasteiger partial charge in [-0.1, -0.05) is 0 Å². The molecule has 2 heterocycles. The van der Waals surface area contributed by atoms with Gasteiger partial charge in [0.25, 0.3) is 0 Å². The monoisotopic (exact) mass is 260 g/mol. The SMILES string of the molecule is Cn1c(=O)oc2cc(C(=O)CC3=NCCO3)ccc21. The van der Waals surface area contributed by atoms with E-state index in [9.17, 15) is 9.59 Å². The summed E-state index contributed by atoms with van der Waals surface area (Å²) in [5, 5.41) is 0. The summed E-state index contributed by atoms with van der Waals surface area (Å²) in [6.07, 6.45) is 0.141. The molecule has 0 saturated carbocycles. The Morgan fingerprint density at radius 1 is 1.47 bits per heavy atom.